The van der Waals surface area contributed by atoms with Crippen molar-refractivity contribution in [2.75, 3.05) is 27.4 Å². The van der Waals surface area contributed by atoms with Gasteiger partial charge in [0.1, 0.15) is 0 Å². The van der Waals surface area contributed by atoms with Crippen molar-refractivity contribution >= 4 is 5.97 Å². The topological polar surface area (TPSA) is 38.8 Å². The number of ether oxygens (including phenoxy) is 2. The van der Waals surface area contributed by atoms with Gasteiger partial charge in [-0.15, -0.1) is 0 Å². The number of esters is 1. The highest BCUT2D eigenvalue weighted by atomic mass is 16.5. The van der Waals surface area contributed by atoms with E-state index in [9.17, 15) is 4.79 Å². The SMILES string of the molecule is CCC(C)N(C=CC(=O)OC)CCOC. The second-order valence-corrected chi connectivity index (χ2v) is 3.33. The van der Waals surface area contributed by atoms with Crippen molar-refractivity contribution in [1.82, 2.24) is 4.90 Å². The molecular formula is C11H21NO3. The third kappa shape index (κ3) is 6.12. The maximum atomic E-state index is 10.9. The summed E-state index contributed by atoms with van der Waals surface area (Å²) in [6.45, 7) is 5.64. The fourth-order valence-corrected chi connectivity index (χ4v) is 1.10. The summed E-state index contributed by atoms with van der Waals surface area (Å²) in [7, 11) is 3.04. The van der Waals surface area contributed by atoms with Crippen molar-refractivity contribution in [3.8, 4) is 0 Å². The highest BCUT2D eigenvalue weighted by Crippen LogP contribution is 2.03. The number of nitrogens with zero attached hydrogens (tertiary/aromatic N) is 1. The number of carbonyl (C=O) groups excluding carboxylic acids is 1. The summed E-state index contributed by atoms with van der Waals surface area (Å²) in [6, 6.07) is 0.390. The van der Waals surface area contributed by atoms with Crippen molar-refractivity contribution in [3.05, 3.63) is 12.3 Å². The Morgan fingerprint density at radius 3 is 2.60 bits per heavy atom. The lowest BCUT2D eigenvalue weighted by molar-refractivity contribution is -0.134. The molecule has 0 fully saturated rings. The van der Waals surface area contributed by atoms with Gasteiger partial charge in [0, 0.05) is 32.0 Å². The zero-order valence-electron chi connectivity index (χ0n) is 10.0. The minimum absolute atomic E-state index is 0.333. The zero-order chi connectivity index (χ0) is 11.7. The van der Waals surface area contributed by atoms with E-state index < -0.39 is 0 Å². The Balaban J connectivity index is 4.22. The molecule has 0 heterocycles. The third-order valence-electron chi connectivity index (χ3n) is 2.31. The number of carbonyl (C=O) groups is 1. The molecule has 0 aliphatic rings. The first-order chi connectivity index (χ1) is 7.15. The predicted octanol–water partition coefficient (Wildman–Crippen LogP) is 1.42. The summed E-state index contributed by atoms with van der Waals surface area (Å²) < 4.78 is 9.54. The average Bonchev–Trinajstić information content (AvgIpc) is 2.27. The van der Waals surface area contributed by atoms with Crippen LogP contribution in [0.2, 0.25) is 0 Å². The molecule has 0 bridgehead atoms. The second-order valence-electron chi connectivity index (χ2n) is 3.33. The van der Waals surface area contributed by atoms with E-state index in [2.05, 4.69) is 23.5 Å². The quantitative estimate of drug-likeness (QED) is 0.475. The molecular weight excluding hydrogens is 194 g/mol. The van der Waals surface area contributed by atoms with Gasteiger partial charge in [0.15, 0.2) is 0 Å². The van der Waals surface area contributed by atoms with Gasteiger partial charge in [-0.25, -0.2) is 4.79 Å². The smallest absolute Gasteiger partial charge is 0.331 e. The molecule has 1 unspecified atom stereocenters. The van der Waals surface area contributed by atoms with Crippen LogP contribution in [0.4, 0.5) is 0 Å². The number of methoxy groups -OCH3 is 2. The molecule has 15 heavy (non-hydrogen) atoms. The van der Waals surface area contributed by atoms with E-state index in [0.717, 1.165) is 13.0 Å². The monoisotopic (exact) mass is 215 g/mol. The van der Waals surface area contributed by atoms with Crippen LogP contribution >= 0.6 is 0 Å². The molecule has 88 valence electrons. The van der Waals surface area contributed by atoms with E-state index in [-0.39, 0.29) is 5.97 Å². The largest absolute Gasteiger partial charge is 0.466 e. The van der Waals surface area contributed by atoms with Crippen LogP contribution in [0.3, 0.4) is 0 Å². The van der Waals surface area contributed by atoms with Crippen molar-refractivity contribution in [3.63, 3.8) is 0 Å². The molecule has 0 spiro atoms. The van der Waals surface area contributed by atoms with Crippen molar-refractivity contribution in [1.29, 1.82) is 0 Å². The Morgan fingerprint density at radius 1 is 1.47 bits per heavy atom. The summed E-state index contributed by atoms with van der Waals surface area (Å²) in [6.07, 6.45) is 4.22. The molecule has 0 rings (SSSR count). The first-order valence-corrected chi connectivity index (χ1v) is 5.16. The normalized spacial score (nSPS) is 12.8. The van der Waals surface area contributed by atoms with Crippen LogP contribution in [-0.2, 0) is 14.3 Å². The molecule has 0 radical (unpaired) electrons. The molecule has 0 aromatic heterocycles. The van der Waals surface area contributed by atoms with Crippen LogP contribution in [0.25, 0.3) is 0 Å². The van der Waals surface area contributed by atoms with Crippen LogP contribution in [0.1, 0.15) is 20.3 Å². The van der Waals surface area contributed by atoms with E-state index >= 15 is 0 Å². The summed E-state index contributed by atoms with van der Waals surface area (Å²) in [5.41, 5.74) is 0. The van der Waals surface area contributed by atoms with Crippen molar-refractivity contribution in [2.24, 2.45) is 0 Å². The molecule has 0 aromatic carbocycles. The summed E-state index contributed by atoms with van der Waals surface area (Å²) in [4.78, 5) is 13.0. The van der Waals surface area contributed by atoms with Gasteiger partial charge in [0.2, 0.25) is 0 Å². The average molecular weight is 215 g/mol. The highest BCUT2D eigenvalue weighted by molar-refractivity contribution is 5.81. The van der Waals surface area contributed by atoms with Gasteiger partial charge in [0.05, 0.1) is 13.7 Å². The number of hydrogen-bond donors (Lipinski definition) is 0. The highest BCUT2D eigenvalue weighted by Gasteiger charge is 2.07. The molecule has 0 saturated heterocycles. The molecule has 0 N–H and O–H groups in total. The summed E-state index contributed by atoms with van der Waals surface area (Å²) in [5, 5.41) is 0. The summed E-state index contributed by atoms with van der Waals surface area (Å²) >= 11 is 0. The molecule has 0 aliphatic carbocycles. The first-order valence-electron chi connectivity index (χ1n) is 5.16. The van der Waals surface area contributed by atoms with E-state index in [0.29, 0.717) is 12.6 Å². The lowest BCUT2D eigenvalue weighted by atomic mass is 10.2. The predicted molar refractivity (Wildman–Crippen MR) is 59.5 cm³/mol. The maximum absolute atomic E-state index is 10.9. The van der Waals surface area contributed by atoms with Crippen LogP contribution in [0, 0.1) is 0 Å². The first kappa shape index (κ1) is 14.0. The van der Waals surface area contributed by atoms with E-state index in [1.165, 1.54) is 13.2 Å². The van der Waals surface area contributed by atoms with Crippen molar-refractivity contribution in [2.45, 2.75) is 26.3 Å². The van der Waals surface area contributed by atoms with Crippen LogP contribution in [0.15, 0.2) is 12.3 Å². The fourth-order valence-electron chi connectivity index (χ4n) is 1.10. The Bertz CT molecular complexity index is 204. The van der Waals surface area contributed by atoms with Crippen LogP contribution in [0.5, 0.6) is 0 Å². The Labute approximate surface area is 91.8 Å². The minimum atomic E-state index is -0.333. The molecule has 0 aliphatic heterocycles. The molecule has 4 nitrogen and oxygen atoms in total. The molecule has 0 amide bonds. The van der Waals surface area contributed by atoms with Gasteiger partial charge < -0.3 is 14.4 Å². The summed E-state index contributed by atoms with van der Waals surface area (Å²) in [5.74, 6) is -0.333. The zero-order valence-corrected chi connectivity index (χ0v) is 10.0. The van der Waals surface area contributed by atoms with Gasteiger partial charge >= 0.3 is 5.97 Å². The van der Waals surface area contributed by atoms with Gasteiger partial charge in [0.25, 0.3) is 0 Å². The van der Waals surface area contributed by atoms with Gasteiger partial charge in [-0.3, -0.25) is 0 Å². The Hall–Kier alpha value is -1.03. The molecule has 4 heteroatoms. The lowest BCUT2D eigenvalue weighted by Gasteiger charge is -2.26. The standard InChI is InChI=1S/C11H21NO3/c1-5-10(2)12(8-9-14-3)7-6-11(13)15-4/h6-7,10H,5,8-9H2,1-4H3. The number of hydrogen-bond acceptors (Lipinski definition) is 4. The lowest BCUT2D eigenvalue weighted by Crippen LogP contribution is -2.30. The van der Waals surface area contributed by atoms with Gasteiger partial charge in [-0.2, -0.15) is 0 Å². The fraction of sp³-hybridized carbons (Fsp3) is 0.727. The minimum Gasteiger partial charge on any atom is -0.466 e. The van der Waals surface area contributed by atoms with E-state index in [4.69, 9.17) is 4.74 Å². The maximum Gasteiger partial charge on any atom is 0.331 e. The van der Waals surface area contributed by atoms with Crippen LogP contribution in [-0.4, -0.2) is 44.3 Å². The number of rotatable bonds is 7. The van der Waals surface area contributed by atoms with E-state index in [1.54, 1.807) is 13.3 Å². The second kappa shape index (κ2) is 8.29. The Kier molecular flexibility index (Phi) is 7.72. The third-order valence-corrected chi connectivity index (χ3v) is 2.31. The Morgan fingerprint density at radius 2 is 2.13 bits per heavy atom. The van der Waals surface area contributed by atoms with E-state index in [1.807, 2.05) is 0 Å². The van der Waals surface area contributed by atoms with Crippen LogP contribution < -0.4 is 0 Å². The van der Waals surface area contributed by atoms with Gasteiger partial charge in [-0.05, 0) is 13.3 Å². The van der Waals surface area contributed by atoms with Crippen molar-refractivity contribution < 1.29 is 14.3 Å². The molecule has 1 atom stereocenters. The molecule has 0 saturated carbocycles. The van der Waals surface area contributed by atoms with Gasteiger partial charge in [-0.1, -0.05) is 6.92 Å². The molecule has 0 aromatic rings.